The second-order valence-electron chi connectivity index (χ2n) is 9.74. The molecule has 0 bridgehead atoms. The molecule has 0 radical (unpaired) electrons. The van der Waals surface area contributed by atoms with E-state index in [4.69, 9.17) is 0 Å². The largest absolute Gasteiger partial charge is 0.359 e. The fourth-order valence-electron chi connectivity index (χ4n) is 5.85. The number of unbranched alkanes of at least 4 members (excludes halogenated alkanes) is 6. The van der Waals surface area contributed by atoms with E-state index >= 15 is 0 Å². The van der Waals surface area contributed by atoms with Gasteiger partial charge in [0.05, 0.1) is 5.66 Å². The molecule has 2 rings (SSSR count). The van der Waals surface area contributed by atoms with Crippen molar-refractivity contribution in [3.63, 3.8) is 0 Å². The fraction of sp³-hybridized carbons (Fsp3) is 0.923. The molecule has 1 aliphatic heterocycles. The van der Waals surface area contributed by atoms with Gasteiger partial charge in [-0.2, -0.15) is 0 Å². The van der Waals surface area contributed by atoms with E-state index in [0.717, 1.165) is 5.92 Å². The van der Waals surface area contributed by atoms with Crippen LogP contribution in [0.2, 0.25) is 0 Å². The SMILES string of the molecule is C=CN1CCN(CCC(CCCCCCCCC)CNC)C12CCCCCCC2. The van der Waals surface area contributed by atoms with Gasteiger partial charge in [0, 0.05) is 19.6 Å². The molecule has 1 saturated carbocycles. The van der Waals surface area contributed by atoms with Gasteiger partial charge in [0.1, 0.15) is 0 Å². The second-order valence-corrected chi connectivity index (χ2v) is 9.74. The Morgan fingerprint density at radius 3 is 2.21 bits per heavy atom. The van der Waals surface area contributed by atoms with Crippen LogP contribution in [0, 0.1) is 5.92 Å². The third-order valence-corrected chi connectivity index (χ3v) is 7.62. The Morgan fingerprint density at radius 1 is 0.897 bits per heavy atom. The fourth-order valence-corrected chi connectivity index (χ4v) is 5.85. The van der Waals surface area contributed by atoms with E-state index < -0.39 is 0 Å². The van der Waals surface area contributed by atoms with Gasteiger partial charge >= 0.3 is 0 Å². The molecule has 3 heteroatoms. The number of hydrogen-bond acceptors (Lipinski definition) is 3. The van der Waals surface area contributed by atoms with Crippen LogP contribution in [0.4, 0.5) is 0 Å². The van der Waals surface area contributed by atoms with E-state index in [1.807, 2.05) is 0 Å². The highest BCUT2D eigenvalue weighted by Gasteiger charge is 2.44. The highest BCUT2D eigenvalue weighted by atomic mass is 15.5. The van der Waals surface area contributed by atoms with Crippen molar-refractivity contribution in [1.82, 2.24) is 15.1 Å². The van der Waals surface area contributed by atoms with Crippen molar-refractivity contribution in [3.05, 3.63) is 12.8 Å². The quantitative estimate of drug-likeness (QED) is 0.330. The number of nitrogens with zero attached hydrogens (tertiary/aromatic N) is 2. The molecule has 1 atom stereocenters. The van der Waals surface area contributed by atoms with Gasteiger partial charge in [-0.3, -0.25) is 4.90 Å². The minimum Gasteiger partial charge on any atom is -0.359 e. The maximum absolute atomic E-state index is 4.17. The first-order chi connectivity index (χ1) is 14.3. The molecule has 3 nitrogen and oxygen atoms in total. The third-order valence-electron chi connectivity index (χ3n) is 7.62. The summed E-state index contributed by atoms with van der Waals surface area (Å²) in [6.45, 7) is 11.3. The maximum atomic E-state index is 4.17. The van der Waals surface area contributed by atoms with Crippen LogP contribution in [0.25, 0.3) is 0 Å². The normalized spacial score (nSPS) is 21.2. The van der Waals surface area contributed by atoms with Crippen LogP contribution in [0.1, 0.15) is 110 Å². The van der Waals surface area contributed by atoms with Gasteiger partial charge in [0.25, 0.3) is 0 Å². The molecule has 1 unspecified atom stereocenters. The highest BCUT2D eigenvalue weighted by Crippen LogP contribution is 2.39. The van der Waals surface area contributed by atoms with Crippen LogP contribution >= 0.6 is 0 Å². The maximum Gasteiger partial charge on any atom is 0.0928 e. The van der Waals surface area contributed by atoms with Crippen molar-refractivity contribution in [3.8, 4) is 0 Å². The van der Waals surface area contributed by atoms with E-state index in [0.29, 0.717) is 0 Å². The Balaban J connectivity index is 1.80. The second kappa shape index (κ2) is 14.5. The molecule has 1 aliphatic carbocycles. The lowest BCUT2D eigenvalue weighted by molar-refractivity contribution is 0.0130. The molecule has 0 aromatic carbocycles. The standard InChI is InChI=1S/C26H51N3/c1-4-6-7-8-9-11-14-17-25(24-27-3)18-21-29-23-22-28(5-2)26(29)19-15-12-10-13-16-20-26/h5,25,27H,2,4,6-24H2,1,3H3. The number of nitrogens with one attached hydrogen (secondary N) is 1. The zero-order valence-corrected chi connectivity index (χ0v) is 19.9. The molecule has 0 aromatic rings. The number of rotatable bonds is 14. The Kier molecular flexibility index (Phi) is 12.3. The van der Waals surface area contributed by atoms with E-state index in [1.54, 1.807) is 0 Å². The van der Waals surface area contributed by atoms with Crippen molar-refractivity contribution in [1.29, 1.82) is 0 Å². The number of hydrogen-bond donors (Lipinski definition) is 1. The monoisotopic (exact) mass is 405 g/mol. The molecule has 170 valence electrons. The molecule has 2 fully saturated rings. The smallest absolute Gasteiger partial charge is 0.0928 e. The predicted molar refractivity (Wildman–Crippen MR) is 128 cm³/mol. The van der Waals surface area contributed by atoms with Crippen molar-refractivity contribution < 1.29 is 0 Å². The van der Waals surface area contributed by atoms with Crippen LogP contribution in [-0.4, -0.2) is 48.7 Å². The average molecular weight is 406 g/mol. The van der Waals surface area contributed by atoms with Crippen molar-refractivity contribution >= 4 is 0 Å². The van der Waals surface area contributed by atoms with Gasteiger partial charge in [-0.1, -0.05) is 77.7 Å². The van der Waals surface area contributed by atoms with Crippen LogP contribution < -0.4 is 5.32 Å². The lowest BCUT2D eigenvalue weighted by Crippen LogP contribution is -2.52. The topological polar surface area (TPSA) is 18.5 Å². The Hall–Kier alpha value is -0.540. The minimum atomic E-state index is 0.283. The van der Waals surface area contributed by atoms with Crippen LogP contribution in [0.3, 0.4) is 0 Å². The summed E-state index contributed by atoms with van der Waals surface area (Å²) in [4.78, 5) is 5.45. The summed E-state index contributed by atoms with van der Waals surface area (Å²) in [5.41, 5.74) is 0.283. The molecule has 1 heterocycles. The van der Waals surface area contributed by atoms with Gasteiger partial charge in [0.2, 0.25) is 0 Å². The zero-order valence-electron chi connectivity index (χ0n) is 19.9. The van der Waals surface area contributed by atoms with Gasteiger partial charge in [0.15, 0.2) is 0 Å². The van der Waals surface area contributed by atoms with Gasteiger partial charge < -0.3 is 10.2 Å². The van der Waals surface area contributed by atoms with E-state index in [9.17, 15) is 0 Å². The molecule has 0 aromatic heterocycles. The predicted octanol–water partition coefficient (Wildman–Crippen LogP) is 6.55. The molecular weight excluding hydrogens is 354 g/mol. The van der Waals surface area contributed by atoms with Gasteiger partial charge in [-0.25, -0.2) is 0 Å². The molecule has 1 spiro atoms. The summed E-state index contributed by atoms with van der Waals surface area (Å²) in [5, 5.41) is 3.48. The molecule has 1 saturated heterocycles. The van der Waals surface area contributed by atoms with Gasteiger partial charge in [-0.05, 0) is 64.2 Å². The molecule has 29 heavy (non-hydrogen) atoms. The van der Waals surface area contributed by atoms with Crippen LogP contribution in [0.15, 0.2) is 12.8 Å². The first-order valence-electron chi connectivity index (χ1n) is 13.1. The first-order valence-corrected chi connectivity index (χ1v) is 13.1. The van der Waals surface area contributed by atoms with Crippen molar-refractivity contribution in [2.75, 3.05) is 33.2 Å². The van der Waals surface area contributed by atoms with Gasteiger partial charge in [-0.15, -0.1) is 0 Å². The minimum absolute atomic E-state index is 0.283. The summed E-state index contributed by atoms with van der Waals surface area (Å²) in [7, 11) is 2.13. The third kappa shape index (κ3) is 7.90. The summed E-state index contributed by atoms with van der Waals surface area (Å²) >= 11 is 0. The van der Waals surface area contributed by atoms with Crippen molar-refractivity contribution in [2.45, 2.75) is 115 Å². The van der Waals surface area contributed by atoms with Crippen LogP contribution in [0.5, 0.6) is 0 Å². The zero-order chi connectivity index (χ0) is 20.8. The Labute approximate surface area is 182 Å². The Bertz CT molecular complexity index is 414. The lowest BCUT2D eigenvalue weighted by atomic mass is 9.88. The summed E-state index contributed by atoms with van der Waals surface area (Å²) in [6.07, 6.45) is 24.6. The van der Waals surface area contributed by atoms with Crippen molar-refractivity contribution in [2.24, 2.45) is 5.92 Å². The molecular formula is C26H51N3. The molecule has 2 aliphatic rings. The summed E-state index contributed by atoms with van der Waals surface area (Å²) in [5.74, 6) is 0.832. The average Bonchev–Trinajstić information content (AvgIpc) is 3.06. The highest BCUT2D eigenvalue weighted by molar-refractivity contribution is 5.00. The van der Waals surface area contributed by atoms with E-state index in [-0.39, 0.29) is 5.66 Å². The van der Waals surface area contributed by atoms with Crippen LogP contribution in [-0.2, 0) is 0 Å². The molecule has 0 amide bonds. The molecule has 1 N–H and O–H groups in total. The Morgan fingerprint density at radius 2 is 1.55 bits per heavy atom. The van der Waals surface area contributed by atoms with E-state index in [1.165, 1.54) is 129 Å². The summed E-state index contributed by atoms with van der Waals surface area (Å²) < 4.78 is 0. The lowest BCUT2D eigenvalue weighted by Gasteiger charge is -2.45. The van der Waals surface area contributed by atoms with E-state index in [2.05, 4.69) is 41.9 Å². The summed E-state index contributed by atoms with van der Waals surface area (Å²) in [6, 6.07) is 0. The first kappa shape index (κ1) is 24.7.